The average molecular weight is 368 g/mol. The van der Waals surface area contributed by atoms with Crippen molar-refractivity contribution in [2.24, 2.45) is 7.05 Å². The number of aromatic nitrogens is 3. The van der Waals surface area contributed by atoms with Gasteiger partial charge in [-0.15, -0.1) is 10.2 Å². The Hall–Kier alpha value is -2.80. The van der Waals surface area contributed by atoms with E-state index >= 15 is 0 Å². The number of carbonyl (C=O) groups is 1. The Morgan fingerprint density at radius 3 is 2.46 bits per heavy atom. The summed E-state index contributed by atoms with van der Waals surface area (Å²) in [4.78, 5) is 12.1. The molecule has 3 rings (SSSR count). The Bertz CT molecular complexity index is 889. The minimum Gasteiger partial charge on any atom is -0.497 e. The van der Waals surface area contributed by atoms with Crippen LogP contribution in [0.4, 0.5) is 5.69 Å². The van der Waals surface area contributed by atoms with Crippen LogP contribution in [0, 0.1) is 6.92 Å². The quantitative estimate of drug-likeness (QED) is 0.674. The van der Waals surface area contributed by atoms with E-state index in [1.807, 2.05) is 67.1 Å². The highest BCUT2D eigenvalue weighted by Gasteiger charge is 2.13. The van der Waals surface area contributed by atoms with Crippen molar-refractivity contribution in [2.45, 2.75) is 12.1 Å². The third-order valence-electron chi connectivity index (χ3n) is 3.85. The van der Waals surface area contributed by atoms with Gasteiger partial charge in [-0.05, 0) is 43.3 Å². The summed E-state index contributed by atoms with van der Waals surface area (Å²) < 4.78 is 7.05. The fraction of sp³-hybridized carbons (Fsp3) is 0.211. The maximum absolute atomic E-state index is 12.1. The Balaban J connectivity index is 1.62. The lowest BCUT2D eigenvalue weighted by atomic mass is 10.2. The Morgan fingerprint density at radius 1 is 1.12 bits per heavy atom. The van der Waals surface area contributed by atoms with Gasteiger partial charge in [0.05, 0.1) is 12.9 Å². The molecule has 0 aliphatic carbocycles. The third-order valence-corrected chi connectivity index (χ3v) is 4.87. The first kappa shape index (κ1) is 18.0. The molecule has 1 N–H and O–H groups in total. The van der Waals surface area contributed by atoms with Crippen LogP contribution in [-0.2, 0) is 11.8 Å². The minimum absolute atomic E-state index is 0.0761. The van der Waals surface area contributed by atoms with E-state index in [4.69, 9.17) is 4.74 Å². The molecule has 1 heterocycles. The number of ether oxygens (including phenoxy) is 1. The van der Waals surface area contributed by atoms with Crippen LogP contribution in [0.15, 0.2) is 53.7 Å². The maximum atomic E-state index is 12.1. The van der Waals surface area contributed by atoms with Crippen LogP contribution < -0.4 is 10.1 Å². The molecule has 7 heteroatoms. The normalized spacial score (nSPS) is 10.6. The highest BCUT2D eigenvalue weighted by atomic mass is 32.2. The van der Waals surface area contributed by atoms with Crippen LogP contribution in [0.2, 0.25) is 0 Å². The first-order chi connectivity index (χ1) is 12.6. The van der Waals surface area contributed by atoms with Crippen molar-refractivity contribution in [2.75, 3.05) is 18.2 Å². The number of aryl methyl sites for hydroxylation is 1. The van der Waals surface area contributed by atoms with Crippen molar-refractivity contribution < 1.29 is 9.53 Å². The predicted octanol–water partition coefficient (Wildman–Crippen LogP) is 3.53. The van der Waals surface area contributed by atoms with Gasteiger partial charge in [0.15, 0.2) is 11.0 Å². The smallest absolute Gasteiger partial charge is 0.234 e. The van der Waals surface area contributed by atoms with Gasteiger partial charge in [0.25, 0.3) is 0 Å². The predicted molar refractivity (Wildman–Crippen MR) is 104 cm³/mol. The molecule has 0 bridgehead atoms. The summed E-state index contributed by atoms with van der Waals surface area (Å²) in [6.45, 7) is 2.01. The van der Waals surface area contributed by atoms with Crippen LogP contribution in [-0.4, -0.2) is 33.5 Å². The van der Waals surface area contributed by atoms with Crippen molar-refractivity contribution >= 4 is 23.4 Å². The Kier molecular flexibility index (Phi) is 5.58. The number of nitrogens with one attached hydrogen (secondary N) is 1. The molecule has 0 atom stereocenters. The molecule has 1 amide bonds. The fourth-order valence-corrected chi connectivity index (χ4v) is 3.11. The summed E-state index contributed by atoms with van der Waals surface area (Å²) in [6.07, 6.45) is 0. The fourth-order valence-electron chi connectivity index (χ4n) is 2.40. The molecule has 0 aliphatic heterocycles. The van der Waals surface area contributed by atoms with E-state index in [-0.39, 0.29) is 11.7 Å². The lowest BCUT2D eigenvalue weighted by molar-refractivity contribution is -0.113. The summed E-state index contributed by atoms with van der Waals surface area (Å²) >= 11 is 1.35. The molecule has 2 aromatic carbocycles. The summed E-state index contributed by atoms with van der Waals surface area (Å²) in [6, 6.07) is 15.3. The lowest BCUT2D eigenvalue weighted by Crippen LogP contribution is -2.14. The van der Waals surface area contributed by atoms with Crippen molar-refractivity contribution in [3.05, 3.63) is 54.1 Å². The summed E-state index contributed by atoms with van der Waals surface area (Å²) in [5, 5.41) is 12.0. The van der Waals surface area contributed by atoms with Crippen molar-refractivity contribution in [3.63, 3.8) is 0 Å². The SMILES string of the molecule is COc1ccc(-c2nnc(SCC(=O)Nc3ccc(C)cc3)n2C)cc1. The van der Waals surface area contributed by atoms with Crippen LogP contribution in [0.5, 0.6) is 5.75 Å². The molecule has 3 aromatic rings. The molecule has 0 aliphatic rings. The highest BCUT2D eigenvalue weighted by molar-refractivity contribution is 7.99. The monoisotopic (exact) mass is 368 g/mol. The summed E-state index contributed by atoms with van der Waals surface area (Å²) in [5.74, 6) is 1.72. The zero-order chi connectivity index (χ0) is 18.5. The second-order valence-corrected chi connectivity index (χ2v) is 6.74. The van der Waals surface area contributed by atoms with Gasteiger partial charge in [-0.2, -0.15) is 0 Å². The van der Waals surface area contributed by atoms with Gasteiger partial charge in [-0.1, -0.05) is 29.5 Å². The molecule has 0 fully saturated rings. The van der Waals surface area contributed by atoms with Gasteiger partial charge in [0.2, 0.25) is 5.91 Å². The van der Waals surface area contributed by atoms with Crippen molar-refractivity contribution in [1.82, 2.24) is 14.8 Å². The van der Waals surface area contributed by atoms with Gasteiger partial charge in [-0.3, -0.25) is 4.79 Å². The van der Waals surface area contributed by atoms with Crippen molar-refractivity contribution in [3.8, 4) is 17.1 Å². The minimum atomic E-state index is -0.0761. The van der Waals surface area contributed by atoms with Crippen LogP contribution in [0.25, 0.3) is 11.4 Å². The van der Waals surface area contributed by atoms with E-state index in [0.717, 1.165) is 28.4 Å². The summed E-state index contributed by atoms with van der Waals surface area (Å²) in [5.41, 5.74) is 2.89. The molecular weight excluding hydrogens is 348 g/mol. The number of amides is 1. The van der Waals surface area contributed by atoms with Gasteiger partial charge >= 0.3 is 0 Å². The van der Waals surface area contributed by atoms with E-state index in [2.05, 4.69) is 15.5 Å². The standard InChI is InChI=1S/C19H20N4O2S/c1-13-4-8-15(9-5-13)20-17(24)12-26-19-22-21-18(23(19)2)14-6-10-16(25-3)11-7-14/h4-11H,12H2,1-3H3,(H,20,24). The number of hydrogen-bond donors (Lipinski definition) is 1. The number of rotatable bonds is 6. The van der Waals surface area contributed by atoms with Crippen LogP contribution in [0.1, 0.15) is 5.56 Å². The average Bonchev–Trinajstić information content (AvgIpc) is 3.02. The highest BCUT2D eigenvalue weighted by Crippen LogP contribution is 2.24. The van der Waals surface area contributed by atoms with Crippen LogP contribution >= 0.6 is 11.8 Å². The number of thioether (sulfide) groups is 1. The second kappa shape index (κ2) is 8.05. The first-order valence-electron chi connectivity index (χ1n) is 8.10. The second-order valence-electron chi connectivity index (χ2n) is 5.80. The lowest BCUT2D eigenvalue weighted by Gasteiger charge is -2.06. The van der Waals surface area contributed by atoms with E-state index in [1.54, 1.807) is 7.11 Å². The van der Waals surface area contributed by atoms with Gasteiger partial charge < -0.3 is 14.6 Å². The van der Waals surface area contributed by atoms with Crippen molar-refractivity contribution in [1.29, 1.82) is 0 Å². The molecule has 26 heavy (non-hydrogen) atoms. The van der Waals surface area contributed by atoms with Crippen LogP contribution in [0.3, 0.4) is 0 Å². The Morgan fingerprint density at radius 2 is 1.81 bits per heavy atom. The topological polar surface area (TPSA) is 69.0 Å². The number of benzene rings is 2. The number of nitrogens with zero attached hydrogens (tertiary/aromatic N) is 3. The molecule has 0 saturated heterocycles. The molecule has 134 valence electrons. The first-order valence-corrected chi connectivity index (χ1v) is 9.08. The molecule has 0 saturated carbocycles. The molecule has 6 nitrogen and oxygen atoms in total. The van der Waals surface area contributed by atoms with Gasteiger partial charge in [-0.25, -0.2) is 0 Å². The van der Waals surface area contributed by atoms with E-state index < -0.39 is 0 Å². The zero-order valence-corrected chi connectivity index (χ0v) is 15.7. The summed E-state index contributed by atoms with van der Waals surface area (Å²) in [7, 11) is 3.52. The van der Waals surface area contributed by atoms with E-state index in [0.29, 0.717) is 5.16 Å². The maximum Gasteiger partial charge on any atom is 0.234 e. The number of methoxy groups -OCH3 is 1. The van der Waals surface area contributed by atoms with E-state index in [1.165, 1.54) is 11.8 Å². The number of anilines is 1. The molecule has 0 radical (unpaired) electrons. The molecule has 0 spiro atoms. The van der Waals surface area contributed by atoms with Gasteiger partial charge in [0, 0.05) is 18.3 Å². The number of hydrogen-bond acceptors (Lipinski definition) is 5. The largest absolute Gasteiger partial charge is 0.497 e. The third kappa shape index (κ3) is 4.23. The molecular formula is C19H20N4O2S. The Labute approximate surface area is 156 Å². The molecule has 0 unspecified atom stereocenters. The van der Waals surface area contributed by atoms with E-state index in [9.17, 15) is 4.79 Å². The number of carbonyl (C=O) groups excluding carboxylic acids is 1. The zero-order valence-electron chi connectivity index (χ0n) is 14.9. The van der Waals surface area contributed by atoms with Gasteiger partial charge in [0.1, 0.15) is 5.75 Å². The molecule has 1 aromatic heterocycles.